The first-order valence-corrected chi connectivity index (χ1v) is 8.27. The number of non-ortho nitro benzene ring substituents is 1. The molecule has 25 heavy (non-hydrogen) atoms. The van der Waals surface area contributed by atoms with Crippen molar-refractivity contribution in [2.45, 2.75) is 26.1 Å². The molecule has 0 aliphatic carbocycles. The second kappa shape index (κ2) is 9.71. The topological polar surface area (TPSA) is 72.6 Å². The van der Waals surface area contributed by atoms with Crippen LogP contribution < -0.4 is 0 Å². The number of nitro groups is 1. The molecule has 1 N–H and O–H groups in total. The first-order chi connectivity index (χ1) is 12.1. The molecule has 0 aromatic heterocycles. The van der Waals surface area contributed by atoms with Gasteiger partial charge in [0.1, 0.15) is 0 Å². The van der Waals surface area contributed by atoms with Crippen LogP contribution in [0, 0.1) is 16.0 Å². The predicted molar refractivity (Wildman–Crippen MR) is 97.1 cm³/mol. The van der Waals surface area contributed by atoms with Crippen LogP contribution in [0.3, 0.4) is 0 Å². The Kier molecular flexibility index (Phi) is 7.32. The van der Waals surface area contributed by atoms with E-state index in [1.807, 2.05) is 42.5 Å². The van der Waals surface area contributed by atoms with Gasteiger partial charge in [0.25, 0.3) is 5.69 Å². The maximum Gasteiger partial charge on any atom is 0.269 e. The fourth-order valence-electron chi connectivity index (χ4n) is 2.39. The molecule has 0 bridgehead atoms. The molecule has 2 aromatic carbocycles. The van der Waals surface area contributed by atoms with E-state index in [4.69, 9.17) is 4.74 Å². The summed E-state index contributed by atoms with van der Waals surface area (Å²) < 4.78 is 5.68. The normalized spacial score (nSPS) is 13.7. The van der Waals surface area contributed by atoms with Crippen molar-refractivity contribution >= 4 is 5.69 Å². The van der Waals surface area contributed by atoms with Crippen LogP contribution in [0.5, 0.6) is 0 Å². The quantitative estimate of drug-likeness (QED) is 0.416. The smallest absolute Gasteiger partial charge is 0.269 e. The maximum absolute atomic E-state index is 10.6. The molecule has 132 valence electrons. The number of nitrogens with zero attached hydrogens (tertiary/aromatic N) is 1. The van der Waals surface area contributed by atoms with E-state index >= 15 is 0 Å². The largest absolute Gasteiger partial charge is 0.388 e. The number of rotatable bonds is 9. The molecule has 0 heterocycles. The molecule has 5 nitrogen and oxygen atoms in total. The Morgan fingerprint density at radius 1 is 1.16 bits per heavy atom. The first kappa shape index (κ1) is 18.8. The number of aliphatic hydroxyl groups excluding tert-OH is 1. The van der Waals surface area contributed by atoms with E-state index in [2.05, 4.69) is 6.92 Å². The molecule has 0 unspecified atom stereocenters. The van der Waals surface area contributed by atoms with Crippen LogP contribution in [0.2, 0.25) is 0 Å². The van der Waals surface area contributed by atoms with Gasteiger partial charge in [0, 0.05) is 12.1 Å². The molecule has 0 fully saturated rings. The minimum atomic E-state index is -0.672. The summed E-state index contributed by atoms with van der Waals surface area (Å²) in [6, 6.07) is 16.0. The Hall–Kier alpha value is -2.50. The van der Waals surface area contributed by atoms with Crippen molar-refractivity contribution in [1.29, 1.82) is 0 Å². The zero-order chi connectivity index (χ0) is 18.1. The Morgan fingerprint density at radius 2 is 1.84 bits per heavy atom. The van der Waals surface area contributed by atoms with Gasteiger partial charge in [-0.15, -0.1) is 0 Å². The van der Waals surface area contributed by atoms with Gasteiger partial charge in [0.05, 0.1) is 24.2 Å². The van der Waals surface area contributed by atoms with Gasteiger partial charge >= 0.3 is 0 Å². The minimum Gasteiger partial charge on any atom is -0.388 e. The Morgan fingerprint density at radius 3 is 2.48 bits per heavy atom. The van der Waals surface area contributed by atoms with E-state index in [9.17, 15) is 15.2 Å². The second-order valence-electron chi connectivity index (χ2n) is 6.01. The molecule has 2 atom stereocenters. The highest BCUT2D eigenvalue weighted by molar-refractivity contribution is 5.33. The van der Waals surface area contributed by atoms with Gasteiger partial charge in [-0.3, -0.25) is 10.1 Å². The van der Waals surface area contributed by atoms with Crippen molar-refractivity contribution < 1.29 is 14.8 Å². The molecule has 0 amide bonds. The van der Waals surface area contributed by atoms with Crippen molar-refractivity contribution in [2.24, 2.45) is 5.92 Å². The van der Waals surface area contributed by atoms with Crippen molar-refractivity contribution in [3.8, 4) is 0 Å². The van der Waals surface area contributed by atoms with Crippen molar-refractivity contribution in [1.82, 2.24) is 0 Å². The lowest BCUT2D eigenvalue weighted by atomic mass is 10.0. The van der Waals surface area contributed by atoms with E-state index in [1.54, 1.807) is 12.1 Å². The molecule has 0 radical (unpaired) electrons. The molecule has 2 rings (SSSR count). The Balaban J connectivity index is 1.72. The van der Waals surface area contributed by atoms with Gasteiger partial charge in [0.15, 0.2) is 0 Å². The van der Waals surface area contributed by atoms with E-state index < -0.39 is 11.0 Å². The number of hydrogen-bond donors (Lipinski definition) is 1. The average Bonchev–Trinajstić information content (AvgIpc) is 2.62. The highest BCUT2D eigenvalue weighted by atomic mass is 16.6. The van der Waals surface area contributed by atoms with Gasteiger partial charge in [0.2, 0.25) is 0 Å². The number of ether oxygens (including phenoxy) is 1. The predicted octanol–water partition coefficient (Wildman–Crippen LogP) is 4.43. The summed E-state index contributed by atoms with van der Waals surface area (Å²) in [4.78, 5) is 10.2. The van der Waals surface area contributed by atoms with Gasteiger partial charge in [-0.2, -0.15) is 0 Å². The van der Waals surface area contributed by atoms with Gasteiger partial charge < -0.3 is 9.84 Å². The summed E-state index contributed by atoms with van der Waals surface area (Å²) in [7, 11) is 0. The molecule has 0 spiro atoms. The van der Waals surface area contributed by atoms with E-state index in [-0.39, 0.29) is 11.6 Å². The molecule has 0 saturated heterocycles. The van der Waals surface area contributed by atoms with Crippen molar-refractivity contribution in [2.75, 3.05) is 6.61 Å². The van der Waals surface area contributed by atoms with E-state index in [1.165, 1.54) is 12.1 Å². The molecular formula is C20H23NO4. The zero-order valence-electron chi connectivity index (χ0n) is 14.2. The monoisotopic (exact) mass is 341 g/mol. The zero-order valence-corrected chi connectivity index (χ0v) is 14.2. The lowest BCUT2D eigenvalue weighted by Gasteiger charge is -2.10. The number of benzene rings is 2. The summed E-state index contributed by atoms with van der Waals surface area (Å²) in [5.41, 5.74) is 1.84. The van der Waals surface area contributed by atoms with Crippen LogP contribution in [0.4, 0.5) is 5.69 Å². The molecule has 0 aliphatic rings. The summed E-state index contributed by atoms with van der Waals surface area (Å²) >= 11 is 0. The maximum atomic E-state index is 10.6. The molecule has 0 aliphatic heterocycles. The van der Waals surface area contributed by atoms with Crippen LogP contribution in [0.1, 0.15) is 30.6 Å². The molecular weight excluding hydrogens is 318 g/mol. The number of aliphatic hydroxyl groups is 1. The SMILES string of the molecule is C[C@@H](/C=C/C[C@@H](O)c1ccc([N+](=O)[O-])cc1)COCc1ccccc1. The fraction of sp³-hybridized carbons (Fsp3) is 0.300. The Bertz CT molecular complexity index is 683. The van der Waals surface area contributed by atoms with Crippen LogP contribution in [0.25, 0.3) is 0 Å². The second-order valence-corrected chi connectivity index (χ2v) is 6.01. The lowest BCUT2D eigenvalue weighted by Crippen LogP contribution is -2.03. The third kappa shape index (κ3) is 6.49. The number of nitro benzene ring substituents is 1. The van der Waals surface area contributed by atoms with Gasteiger partial charge in [-0.25, -0.2) is 0 Å². The van der Waals surface area contributed by atoms with Gasteiger partial charge in [-0.05, 0) is 35.6 Å². The summed E-state index contributed by atoms with van der Waals surface area (Å²) in [6.45, 7) is 3.25. The van der Waals surface area contributed by atoms with E-state index in [0.29, 0.717) is 25.2 Å². The van der Waals surface area contributed by atoms with Crippen molar-refractivity contribution in [3.63, 3.8) is 0 Å². The van der Waals surface area contributed by atoms with E-state index in [0.717, 1.165) is 5.56 Å². The minimum absolute atomic E-state index is 0.0238. The average molecular weight is 341 g/mol. The number of hydrogen-bond acceptors (Lipinski definition) is 4. The summed E-state index contributed by atoms with van der Waals surface area (Å²) in [6.07, 6.45) is 3.72. The van der Waals surface area contributed by atoms with Crippen LogP contribution in [-0.2, 0) is 11.3 Å². The third-order valence-corrected chi connectivity index (χ3v) is 3.80. The lowest BCUT2D eigenvalue weighted by molar-refractivity contribution is -0.384. The standard InChI is InChI=1S/C20H23NO4/c1-16(14-25-15-17-7-3-2-4-8-17)6-5-9-20(22)18-10-12-19(13-11-18)21(23)24/h2-8,10-13,16,20,22H,9,14-15H2,1H3/b6-5+/t16-,20+/m0/s1. The molecule has 2 aromatic rings. The van der Waals surface area contributed by atoms with Gasteiger partial charge in [-0.1, -0.05) is 49.4 Å². The Labute approximate surface area is 147 Å². The highest BCUT2D eigenvalue weighted by Crippen LogP contribution is 2.20. The van der Waals surface area contributed by atoms with Crippen LogP contribution in [0.15, 0.2) is 66.7 Å². The first-order valence-electron chi connectivity index (χ1n) is 8.27. The van der Waals surface area contributed by atoms with Crippen LogP contribution in [-0.4, -0.2) is 16.6 Å². The molecule has 0 saturated carbocycles. The van der Waals surface area contributed by atoms with Crippen molar-refractivity contribution in [3.05, 3.63) is 88.0 Å². The summed E-state index contributed by atoms with van der Waals surface area (Å²) in [5, 5.41) is 20.8. The third-order valence-electron chi connectivity index (χ3n) is 3.80. The van der Waals surface area contributed by atoms with Crippen LogP contribution >= 0.6 is 0 Å². The highest BCUT2D eigenvalue weighted by Gasteiger charge is 2.09. The molecule has 5 heteroatoms. The summed E-state index contributed by atoms with van der Waals surface area (Å²) in [5.74, 6) is 0.243. The fourth-order valence-corrected chi connectivity index (χ4v) is 2.39.